The summed E-state index contributed by atoms with van der Waals surface area (Å²) in [5.74, 6) is 0.237. The minimum atomic E-state index is -0.113. The third-order valence-electron chi connectivity index (χ3n) is 5.91. The van der Waals surface area contributed by atoms with E-state index in [1.54, 1.807) is 0 Å². The fourth-order valence-electron chi connectivity index (χ4n) is 4.45. The second-order valence-corrected chi connectivity index (χ2v) is 7.64. The third kappa shape index (κ3) is 4.73. The summed E-state index contributed by atoms with van der Waals surface area (Å²) in [7, 11) is 0. The maximum absolute atomic E-state index is 13.0. The molecule has 0 aromatic carbocycles. The van der Waals surface area contributed by atoms with E-state index in [0.717, 1.165) is 51.9 Å². The van der Waals surface area contributed by atoms with Crippen molar-refractivity contribution in [3.8, 4) is 0 Å². The van der Waals surface area contributed by atoms with Gasteiger partial charge in [-0.05, 0) is 38.6 Å². The number of rotatable bonds is 5. The number of morpholine rings is 1. The maximum atomic E-state index is 13.0. The Bertz CT molecular complexity index is 457. The lowest BCUT2D eigenvalue weighted by Gasteiger charge is -2.42. The molecule has 3 rings (SSSR count). The number of hydrogen-bond acceptors (Lipinski definition) is 4. The molecule has 0 saturated carbocycles. The van der Waals surface area contributed by atoms with E-state index in [1.807, 2.05) is 4.90 Å². The quantitative estimate of drug-likeness (QED) is 0.750. The molecule has 0 aromatic rings. The van der Waals surface area contributed by atoms with E-state index in [2.05, 4.69) is 16.7 Å². The lowest BCUT2D eigenvalue weighted by molar-refractivity contribution is -0.147. The predicted molar refractivity (Wildman–Crippen MR) is 96.2 cm³/mol. The number of carbonyl (C=O) groups is 2. The molecule has 3 fully saturated rings. The molecule has 2 amide bonds. The van der Waals surface area contributed by atoms with E-state index in [4.69, 9.17) is 4.74 Å². The van der Waals surface area contributed by atoms with Gasteiger partial charge in [-0.1, -0.05) is 6.92 Å². The largest absolute Gasteiger partial charge is 0.378 e. The molecule has 1 atom stereocenters. The van der Waals surface area contributed by atoms with E-state index in [9.17, 15) is 9.59 Å². The highest BCUT2D eigenvalue weighted by atomic mass is 16.5. The summed E-state index contributed by atoms with van der Waals surface area (Å²) >= 11 is 0. The molecule has 3 aliphatic rings. The van der Waals surface area contributed by atoms with Crippen molar-refractivity contribution >= 4 is 11.8 Å². The van der Waals surface area contributed by atoms with Crippen molar-refractivity contribution in [3.63, 3.8) is 0 Å². The van der Waals surface area contributed by atoms with Crippen molar-refractivity contribution in [1.82, 2.24) is 14.7 Å². The van der Waals surface area contributed by atoms with Crippen molar-refractivity contribution in [3.05, 3.63) is 0 Å². The van der Waals surface area contributed by atoms with Crippen LogP contribution in [0.3, 0.4) is 0 Å². The zero-order valence-corrected chi connectivity index (χ0v) is 15.6. The van der Waals surface area contributed by atoms with Gasteiger partial charge in [-0.25, -0.2) is 0 Å². The molecule has 142 valence electrons. The number of hydrogen-bond donors (Lipinski definition) is 0. The highest BCUT2D eigenvalue weighted by Crippen LogP contribution is 2.27. The molecule has 0 aromatic heterocycles. The number of piperidine rings is 2. The Labute approximate surface area is 151 Å². The lowest BCUT2D eigenvalue weighted by Crippen LogP contribution is -2.52. The molecular formula is C19H33N3O3. The molecule has 0 aliphatic carbocycles. The molecule has 3 heterocycles. The van der Waals surface area contributed by atoms with Crippen LogP contribution in [-0.2, 0) is 14.3 Å². The molecule has 3 saturated heterocycles. The first-order valence-electron chi connectivity index (χ1n) is 10.1. The highest BCUT2D eigenvalue weighted by Gasteiger charge is 2.36. The van der Waals surface area contributed by atoms with Crippen LogP contribution in [0.15, 0.2) is 0 Å². The second-order valence-electron chi connectivity index (χ2n) is 7.64. The first kappa shape index (κ1) is 18.6. The summed E-state index contributed by atoms with van der Waals surface area (Å²) < 4.78 is 5.31. The average molecular weight is 351 g/mol. The first-order chi connectivity index (χ1) is 12.2. The van der Waals surface area contributed by atoms with Gasteiger partial charge < -0.3 is 19.4 Å². The molecule has 0 spiro atoms. The Morgan fingerprint density at radius 3 is 2.48 bits per heavy atom. The summed E-state index contributed by atoms with van der Waals surface area (Å²) in [6.45, 7) is 9.02. The van der Waals surface area contributed by atoms with Gasteiger partial charge >= 0.3 is 0 Å². The molecule has 25 heavy (non-hydrogen) atoms. The second kappa shape index (κ2) is 8.99. The summed E-state index contributed by atoms with van der Waals surface area (Å²) in [6, 6.07) is 0.377. The Morgan fingerprint density at radius 1 is 1.08 bits per heavy atom. The van der Waals surface area contributed by atoms with E-state index >= 15 is 0 Å². The van der Waals surface area contributed by atoms with E-state index < -0.39 is 0 Å². The van der Waals surface area contributed by atoms with E-state index in [-0.39, 0.29) is 17.7 Å². The van der Waals surface area contributed by atoms with Gasteiger partial charge in [-0.2, -0.15) is 0 Å². The minimum Gasteiger partial charge on any atom is -0.378 e. The summed E-state index contributed by atoms with van der Waals surface area (Å²) in [6.07, 6.45) is 5.62. The Kier molecular flexibility index (Phi) is 6.70. The van der Waals surface area contributed by atoms with Crippen LogP contribution in [0.2, 0.25) is 0 Å². The van der Waals surface area contributed by atoms with Crippen LogP contribution in [0.25, 0.3) is 0 Å². The Balaban J connectivity index is 1.51. The smallest absolute Gasteiger partial charge is 0.226 e. The molecular weight excluding hydrogens is 318 g/mol. The van der Waals surface area contributed by atoms with Gasteiger partial charge in [0.15, 0.2) is 0 Å². The monoisotopic (exact) mass is 351 g/mol. The van der Waals surface area contributed by atoms with Crippen LogP contribution in [0.5, 0.6) is 0 Å². The van der Waals surface area contributed by atoms with Crippen LogP contribution < -0.4 is 0 Å². The van der Waals surface area contributed by atoms with Gasteiger partial charge in [-0.3, -0.25) is 9.59 Å². The fourth-order valence-corrected chi connectivity index (χ4v) is 4.45. The SMILES string of the molecule is CCCN1CCC(N2CCCC(CC(=O)N3CCOCC3)C2=O)CC1. The number of likely N-dealkylation sites (tertiary alicyclic amines) is 2. The summed E-state index contributed by atoms with van der Waals surface area (Å²) in [4.78, 5) is 31.9. The summed E-state index contributed by atoms with van der Waals surface area (Å²) in [5.41, 5.74) is 0. The fraction of sp³-hybridized carbons (Fsp3) is 0.895. The van der Waals surface area contributed by atoms with Crippen molar-refractivity contribution < 1.29 is 14.3 Å². The predicted octanol–water partition coefficient (Wildman–Crippen LogP) is 1.35. The van der Waals surface area contributed by atoms with Crippen LogP contribution in [0.1, 0.15) is 45.4 Å². The average Bonchev–Trinajstić information content (AvgIpc) is 2.65. The highest BCUT2D eigenvalue weighted by molar-refractivity contribution is 5.86. The van der Waals surface area contributed by atoms with Crippen LogP contribution in [-0.4, -0.2) is 85.0 Å². The van der Waals surface area contributed by atoms with Gasteiger partial charge in [0, 0.05) is 51.1 Å². The topological polar surface area (TPSA) is 53.1 Å². The zero-order valence-electron chi connectivity index (χ0n) is 15.6. The molecule has 1 unspecified atom stereocenters. The van der Waals surface area contributed by atoms with E-state index in [0.29, 0.717) is 38.8 Å². The van der Waals surface area contributed by atoms with Gasteiger partial charge in [-0.15, -0.1) is 0 Å². The Hall–Kier alpha value is -1.14. The molecule has 6 heteroatoms. The molecule has 6 nitrogen and oxygen atoms in total. The first-order valence-corrected chi connectivity index (χ1v) is 10.1. The van der Waals surface area contributed by atoms with Crippen molar-refractivity contribution in [2.75, 3.05) is 52.5 Å². The van der Waals surface area contributed by atoms with Crippen molar-refractivity contribution in [1.29, 1.82) is 0 Å². The van der Waals surface area contributed by atoms with Crippen molar-refractivity contribution in [2.24, 2.45) is 5.92 Å². The van der Waals surface area contributed by atoms with Crippen LogP contribution in [0, 0.1) is 5.92 Å². The lowest BCUT2D eigenvalue weighted by atomic mass is 9.90. The van der Waals surface area contributed by atoms with Crippen molar-refractivity contribution in [2.45, 2.75) is 51.5 Å². The summed E-state index contributed by atoms with van der Waals surface area (Å²) in [5, 5.41) is 0. The molecule has 3 aliphatic heterocycles. The number of carbonyl (C=O) groups excluding carboxylic acids is 2. The zero-order chi connectivity index (χ0) is 17.6. The van der Waals surface area contributed by atoms with Gasteiger partial charge in [0.2, 0.25) is 11.8 Å². The van der Waals surface area contributed by atoms with Gasteiger partial charge in [0.25, 0.3) is 0 Å². The van der Waals surface area contributed by atoms with Gasteiger partial charge in [0.1, 0.15) is 0 Å². The minimum absolute atomic E-state index is 0.113. The maximum Gasteiger partial charge on any atom is 0.226 e. The number of nitrogens with zero attached hydrogens (tertiary/aromatic N) is 3. The van der Waals surface area contributed by atoms with E-state index in [1.165, 1.54) is 6.42 Å². The van der Waals surface area contributed by atoms with Crippen LogP contribution in [0.4, 0.5) is 0 Å². The number of amides is 2. The molecule has 0 bridgehead atoms. The normalized spacial score (nSPS) is 26.9. The standard InChI is InChI=1S/C19H33N3O3/c1-2-7-20-9-5-17(6-10-20)22-8-3-4-16(19(22)24)15-18(23)21-11-13-25-14-12-21/h16-17H,2-15H2,1H3. The Morgan fingerprint density at radius 2 is 1.80 bits per heavy atom. The number of ether oxygens (including phenoxy) is 1. The third-order valence-corrected chi connectivity index (χ3v) is 5.91. The van der Waals surface area contributed by atoms with Gasteiger partial charge in [0.05, 0.1) is 13.2 Å². The molecule has 0 N–H and O–H groups in total. The van der Waals surface area contributed by atoms with Crippen LogP contribution >= 0.6 is 0 Å². The molecule has 0 radical (unpaired) electrons.